The second-order valence-electron chi connectivity index (χ2n) is 4.75. The quantitative estimate of drug-likeness (QED) is 0.431. The largest absolute Gasteiger partial charge is 0.494 e. The van der Waals surface area contributed by atoms with Gasteiger partial charge in [-0.3, -0.25) is 19.6 Å². The van der Waals surface area contributed by atoms with Crippen LogP contribution in [0.3, 0.4) is 0 Å². The van der Waals surface area contributed by atoms with Gasteiger partial charge in [0, 0.05) is 0 Å². The summed E-state index contributed by atoms with van der Waals surface area (Å²) < 4.78 is 5.28. The van der Waals surface area contributed by atoms with Gasteiger partial charge in [-0.1, -0.05) is 19.1 Å². The highest BCUT2D eigenvalue weighted by Gasteiger charge is 2.06. The van der Waals surface area contributed by atoms with Gasteiger partial charge < -0.3 is 9.84 Å². The third-order valence-corrected chi connectivity index (χ3v) is 3.04. The number of ether oxygens (including phenoxy) is 1. The molecule has 0 saturated heterocycles. The average Bonchev–Trinajstić information content (AvgIpc) is 2.55. The zero-order valence-electron chi connectivity index (χ0n) is 12.8. The summed E-state index contributed by atoms with van der Waals surface area (Å²) in [6, 6.07) is 7.31. The normalized spacial score (nSPS) is 10.7. The molecular formula is C15H16N4O5. The van der Waals surface area contributed by atoms with E-state index < -0.39 is 23.0 Å². The molecule has 24 heavy (non-hydrogen) atoms. The number of carbonyl (C=O) groups excluding carboxylic acids is 1. The molecule has 1 heterocycles. The van der Waals surface area contributed by atoms with E-state index in [1.165, 1.54) is 0 Å². The van der Waals surface area contributed by atoms with Crippen LogP contribution in [0.25, 0.3) is 0 Å². The molecule has 0 atom stereocenters. The van der Waals surface area contributed by atoms with E-state index in [0.29, 0.717) is 5.75 Å². The van der Waals surface area contributed by atoms with Crippen LogP contribution in [0, 0.1) is 0 Å². The van der Waals surface area contributed by atoms with Crippen LogP contribution in [-0.4, -0.2) is 33.8 Å². The highest BCUT2D eigenvalue weighted by Crippen LogP contribution is 2.12. The molecule has 0 aliphatic carbocycles. The third kappa shape index (κ3) is 4.57. The molecule has 0 bridgehead atoms. The summed E-state index contributed by atoms with van der Waals surface area (Å²) in [6.45, 7) is 1.77. The minimum Gasteiger partial charge on any atom is -0.494 e. The molecule has 0 fully saturated rings. The molecule has 2 rings (SSSR count). The molecule has 0 aliphatic heterocycles. The number of nitrogens with one attached hydrogen (secondary N) is 3. The number of carbonyl (C=O) groups is 1. The van der Waals surface area contributed by atoms with E-state index in [0.717, 1.165) is 18.2 Å². The fourth-order valence-corrected chi connectivity index (χ4v) is 1.78. The lowest BCUT2D eigenvalue weighted by Crippen LogP contribution is -2.27. The molecule has 0 unspecified atom stereocenters. The van der Waals surface area contributed by atoms with Gasteiger partial charge in [-0.15, -0.1) is 0 Å². The number of aromatic amines is 2. The first kappa shape index (κ1) is 17.0. The first-order chi connectivity index (χ1) is 11.5. The second kappa shape index (κ2) is 7.77. The molecule has 0 radical (unpaired) electrons. The van der Waals surface area contributed by atoms with Crippen molar-refractivity contribution in [2.24, 2.45) is 5.10 Å². The van der Waals surface area contributed by atoms with Crippen LogP contribution in [0.4, 0.5) is 0 Å². The van der Waals surface area contributed by atoms with Gasteiger partial charge in [0.15, 0.2) is 6.61 Å². The van der Waals surface area contributed by atoms with Crippen LogP contribution in [-0.2, 0) is 11.2 Å². The maximum absolute atomic E-state index is 11.6. The highest BCUT2D eigenvalue weighted by atomic mass is 16.5. The Balaban J connectivity index is 1.89. The Morgan fingerprint density at radius 2 is 2.00 bits per heavy atom. The highest BCUT2D eigenvalue weighted by molar-refractivity contribution is 5.84. The molecule has 9 nitrogen and oxygen atoms in total. The summed E-state index contributed by atoms with van der Waals surface area (Å²) in [4.78, 5) is 37.8. The molecular weight excluding hydrogens is 316 g/mol. The Morgan fingerprint density at radius 3 is 2.62 bits per heavy atom. The van der Waals surface area contributed by atoms with Gasteiger partial charge in [0.05, 0.1) is 6.21 Å². The second-order valence-corrected chi connectivity index (χ2v) is 4.75. The van der Waals surface area contributed by atoms with E-state index in [2.05, 4.69) is 10.5 Å². The van der Waals surface area contributed by atoms with Gasteiger partial charge in [-0.25, -0.2) is 10.2 Å². The number of amides is 1. The average molecular weight is 332 g/mol. The zero-order valence-corrected chi connectivity index (χ0v) is 12.8. The van der Waals surface area contributed by atoms with Gasteiger partial charge in [-0.2, -0.15) is 5.10 Å². The monoisotopic (exact) mass is 332 g/mol. The van der Waals surface area contributed by atoms with Crippen LogP contribution >= 0.6 is 0 Å². The number of benzene rings is 1. The van der Waals surface area contributed by atoms with Crippen molar-refractivity contribution in [1.29, 1.82) is 0 Å². The Morgan fingerprint density at radius 1 is 1.29 bits per heavy atom. The summed E-state index contributed by atoms with van der Waals surface area (Å²) in [6.07, 6.45) is 1.82. The number of aromatic hydroxyl groups is 1. The van der Waals surface area contributed by atoms with E-state index in [4.69, 9.17) is 4.74 Å². The fraction of sp³-hybridized carbons (Fsp3) is 0.200. The number of hydrazone groups is 1. The van der Waals surface area contributed by atoms with Crippen LogP contribution in [0.15, 0.2) is 39.0 Å². The molecule has 126 valence electrons. The minimum atomic E-state index is -0.846. The summed E-state index contributed by atoms with van der Waals surface area (Å²) in [5.74, 6) is -0.652. The van der Waals surface area contributed by atoms with Gasteiger partial charge in [0.1, 0.15) is 11.3 Å². The lowest BCUT2D eigenvalue weighted by atomic mass is 10.2. The van der Waals surface area contributed by atoms with Crippen LogP contribution in [0.5, 0.6) is 11.6 Å². The van der Waals surface area contributed by atoms with Crippen molar-refractivity contribution in [3.63, 3.8) is 0 Å². The Hall–Kier alpha value is -3.36. The molecule has 1 aromatic heterocycles. The van der Waals surface area contributed by atoms with Crippen molar-refractivity contribution in [3.05, 3.63) is 56.2 Å². The maximum Gasteiger partial charge on any atom is 0.328 e. The molecule has 0 aliphatic rings. The molecule has 4 N–H and O–H groups in total. The van der Waals surface area contributed by atoms with Crippen molar-refractivity contribution in [3.8, 4) is 11.6 Å². The number of hydrogen-bond donors (Lipinski definition) is 4. The van der Waals surface area contributed by atoms with Crippen molar-refractivity contribution in [2.75, 3.05) is 6.61 Å². The first-order valence-electron chi connectivity index (χ1n) is 7.08. The van der Waals surface area contributed by atoms with E-state index in [9.17, 15) is 19.5 Å². The number of aryl methyl sites for hydroxylation is 1. The van der Waals surface area contributed by atoms with Gasteiger partial charge >= 0.3 is 5.69 Å². The fourth-order valence-electron chi connectivity index (χ4n) is 1.78. The topological polar surface area (TPSA) is 137 Å². The predicted octanol–water partition coefficient (Wildman–Crippen LogP) is -0.140. The van der Waals surface area contributed by atoms with Gasteiger partial charge in [-0.05, 0) is 24.1 Å². The van der Waals surface area contributed by atoms with Gasteiger partial charge in [0.25, 0.3) is 11.5 Å². The summed E-state index contributed by atoms with van der Waals surface area (Å²) in [5.41, 5.74) is 1.33. The number of hydrogen-bond acceptors (Lipinski definition) is 6. The van der Waals surface area contributed by atoms with E-state index >= 15 is 0 Å². The zero-order chi connectivity index (χ0) is 17.5. The summed E-state index contributed by atoms with van der Waals surface area (Å²) in [7, 11) is 0. The third-order valence-electron chi connectivity index (χ3n) is 3.04. The molecule has 0 saturated carbocycles. The number of H-pyrrole nitrogens is 2. The summed E-state index contributed by atoms with van der Waals surface area (Å²) >= 11 is 0. The molecule has 1 amide bonds. The SMILES string of the molecule is CCc1ccc(OCC(=O)N/N=C/c2c(O)[nH]c(=O)[nH]c2=O)cc1. The lowest BCUT2D eigenvalue weighted by molar-refractivity contribution is -0.123. The van der Waals surface area contributed by atoms with E-state index in [1.54, 1.807) is 12.1 Å². The summed E-state index contributed by atoms with van der Waals surface area (Å²) in [5, 5.41) is 13.0. The van der Waals surface area contributed by atoms with E-state index in [1.807, 2.05) is 29.0 Å². The number of aromatic nitrogens is 2. The van der Waals surface area contributed by atoms with Crippen LogP contribution < -0.4 is 21.4 Å². The van der Waals surface area contributed by atoms with Crippen molar-refractivity contribution in [1.82, 2.24) is 15.4 Å². The smallest absolute Gasteiger partial charge is 0.328 e. The molecule has 0 spiro atoms. The van der Waals surface area contributed by atoms with Gasteiger partial charge in [0.2, 0.25) is 5.88 Å². The number of rotatable bonds is 6. The van der Waals surface area contributed by atoms with Crippen molar-refractivity contribution in [2.45, 2.75) is 13.3 Å². The predicted molar refractivity (Wildman–Crippen MR) is 86.4 cm³/mol. The molecule has 1 aromatic carbocycles. The standard InChI is InChI=1S/C15H16N4O5/c1-2-9-3-5-10(6-4-9)24-8-12(20)19-16-7-11-13(21)17-15(23)18-14(11)22/h3-7H,2,8H2,1H3,(H,19,20)(H3,17,18,21,22,23)/b16-7+. The van der Waals surface area contributed by atoms with E-state index in [-0.39, 0.29) is 12.2 Å². The Labute approximate surface area is 136 Å². The lowest BCUT2D eigenvalue weighted by Gasteiger charge is -2.05. The maximum atomic E-state index is 11.6. The Bertz CT molecular complexity index is 851. The van der Waals surface area contributed by atoms with Crippen molar-refractivity contribution >= 4 is 12.1 Å². The molecule has 9 heteroatoms. The Kier molecular flexibility index (Phi) is 5.50. The minimum absolute atomic E-state index is 0.267. The first-order valence-corrected chi connectivity index (χ1v) is 7.08. The van der Waals surface area contributed by atoms with Crippen LogP contribution in [0.1, 0.15) is 18.1 Å². The van der Waals surface area contributed by atoms with Crippen LogP contribution in [0.2, 0.25) is 0 Å². The van der Waals surface area contributed by atoms with Crippen molar-refractivity contribution < 1.29 is 14.6 Å². The number of nitrogens with zero attached hydrogens (tertiary/aromatic N) is 1. The molecule has 2 aromatic rings.